The fourth-order valence-corrected chi connectivity index (χ4v) is 1.98. The lowest BCUT2D eigenvalue weighted by atomic mass is 9.89. The Morgan fingerprint density at radius 1 is 1.55 bits per heavy atom. The summed E-state index contributed by atoms with van der Waals surface area (Å²) in [7, 11) is 0. The second-order valence-electron chi connectivity index (χ2n) is 3.54. The molecule has 0 spiro atoms. The third kappa shape index (κ3) is 1.20. The van der Waals surface area contributed by atoms with Gasteiger partial charge in [-0.2, -0.15) is 0 Å². The molecule has 0 aromatic carbocycles. The van der Waals surface area contributed by atoms with E-state index in [1.54, 1.807) is 0 Å². The van der Waals surface area contributed by atoms with Crippen LogP contribution in [0.5, 0.6) is 0 Å². The van der Waals surface area contributed by atoms with Crippen molar-refractivity contribution in [1.82, 2.24) is 4.90 Å². The minimum absolute atomic E-state index is 0.167. The van der Waals surface area contributed by atoms with Gasteiger partial charge in [0.05, 0.1) is 12.1 Å². The van der Waals surface area contributed by atoms with E-state index in [0.717, 1.165) is 6.42 Å². The van der Waals surface area contributed by atoms with Crippen molar-refractivity contribution in [1.29, 1.82) is 0 Å². The average Bonchev–Trinajstić information content (AvgIpc) is 1.96. The van der Waals surface area contributed by atoms with Gasteiger partial charge in [0.15, 0.2) is 5.78 Å². The van der Waals surface area contributed by atoms with Crippen LogP contribution in [0.4, 0.5) is 0 Å². The highest BCUT2D eigenvalue weighted by molar-refractivity contribution is 5.94. The average molecular weight is 155 g/mol. The summed E-state index contributed by atoms with van der Waals surface area (Å²) >= 11 is 0. The first-order valence-corrected chi connectivity index (χ1v) is 4.40. The predicted molar refractivity (Wildman–Crippen MR) is 45.5 cm³/mol. The Morgan fingerprint density at radius 2 is 2.09 bits per heavy atom. The maximum atomic E-state index is 11.3. The van der Waals surface area contributed by atoms with Crippen LogP contribution in [-0.2, 0) is 4.79 Å². The Bertz CT molecular complexity index is 165. The first-order chi connectivity index (χ1) is 5.09. The van der Waals surface area contributed by atoms with Crippen LogP contribution >= 0.6 is 0 Å². The Kier molecular flexibility index (Phi) is 2.33. The van der Waals surface area contributed by atoms with Crippen LogP contribution in [0.1, 0.15) is 34.1 Å². The van der Waals surface area contributed by atoms with Gasteiger partial charge in [0, 0.05) is 6.04 Å². The van der Waals surface area contributed by atoms with Crippen molar-refractivity contribution in [3.8, 4) is 0 Å². The first kappa shape index (κ1) is 8.72. The number of Topliss-reactive ketones (excluding diaryl/α,β-unsaturated/α-hetero) is 1. The van der Waals surface area contributed by atoms with E-state index in [4.69, 9.17) is 0 Å². The Labute approximate surface area is 68.6 Å². The summed E-state index contributed by atoms with van der Waals surface area (Å²) in [6.07, 6.45) is 0.960. The summed E-state index contributed by atoms with van der Waals surface area (Å²) < 4.78 is 0. The molecule has 0 unspecified atom stereocenters. The molecule has 0 N–H and O–H groups in total. The molecule has 0 amide bonds. The highest BCUT2D eigenvalue weighted by atomic mass is 16.1. The van der Waals surface area contributed by atoms with E-state index in [9.17, 15) is 4.79 Å². The zero-order valence-electron chi connectivity index (χ0n) is 7.79. The molecule has 0 aliphatic carbocycles. The van der Waals surface area contributed by atoms with E-state index >= 15 is 0 Å². The highest BCUT2D eigenvalue weighted by Crippen LogP contribution is 2.26. The number of nitrogens with zero attached hydrogens (tertiary/aromatic N) is 1. The topological polar surface area (TPSA) is 20.3 Å². The van der Waals surface area contributed by atoms with E-state index in [1.807, 2.05) is 6.92 Å². The van der Waals surface area contributed by atoms with E-state index in [0.29, 0.717) is 11.8 Å². The van der Waals surface area contributed by atoms with Crippen molar-refractivity contribution >= 4 is 5.78 Å². The molecule has 64 valence electrons. The summed E-state index contributed by atoms with van der Waals surface area (Å²) in [6.45, 7) is 8.36. The Hall–Kier alpha value is -0.370. The Morgan fingerprint density at radius 3 is 2.36 bits per heavy atom. The van der Waals surface area contributed by atoms with Crippen LogP contribution in [0.2, 0.25) is 0 Å². The van der Waals surface area contributed by atoms with Crippen LogP contribution in [0.25, 0.3) is 0 Å². The summed E-state index contributed by atoms with van der Waals surface area (Å²) in [6, 6.07) is 0.887. The predicted octanol–water partition coefficient (Wildman–Crippen LogP) is 1.45. The fraction of sp³-hybridized carbons (Fsp3) is 0.889. The van der Waals surface area contributed by atoms with Crippen LogP contribution < -0.4 is 0 Å². The van der Waals surface area contributed by atoms with Gasteiger partial charge in [-0.25, -0.2) is 0 Å². The number of rotatable bonds is 2. The van der Waals surface area contributed by atoms with Gasteiger partial charge in [0.2, 0.25) is 0 Å². The molecule has 1 saturated heterocycles. The number of carbonyl (C=O) groups excluding carboxylic acids is 1. The molecule has 1 fully saturated rings. The molecule has 0 aromatic heterocycles. The zero-order chi connectivity index (χ0) is 8.59. The van der Waals surface area contributed by atoms with Gasteiger partial charge in [-0.05, 0) is 27.2 Å². The van der Waals surface area contributed by atoms with Crippen molar-refractivity contribution < 1.29 is 4.79 Å². The summed E-state index contributed by atoms with van der Waals surface area (Å²) in [4.78, 5) is 13.5. The third-order valence-electron chi connectivity index (χ3n) is 2.53. The van der Waals surface area contributed by atoms with E-state index in [-0.39, 0.29) is 12.1 Å². The van der Waals surface area contributed by atoms with Crippen LogP contribution in [0, 0.1) is 0 Å². The quantitative estimate of drug-likeness (QED) is 0.601. The summed E-state index contributed by atoms with van der Waals surface area (Å²) in [5.74, 6) is 0.418. The lowest BCUT2D eigenvalue weighted by Crippen LogP contribution is -2.65. The molecular formula is C9H17NO. The molecule has 2 atom stereocenters. The Balaban J connectivity index is 2.60. The fourth-order valence-electron chi connectivity index (χ4n) is 1.98. The van der Waals surface area contributed by atoms with Gasteiger partial charge < -0.3 is 0 Å². The van der Waals surface area contributed by atoms with Crippen molar-refractivity contribution in [2.75, 3.05) is 0 Å². The number of ketones is 1. The summed E-state index contributed by atoms with van der Waals surface area (Å²) in [5.41, 5.74) is 0. The zero-order valence-corrected chi connectivity index (χ0v) is 7.79. The lowest BCUT2D eigenvalue weighted by Gasteiger charge is -2.47. The molecular weight excluding hydrogens is 138 g/mol. The van der Waals surface area contributed by atoms with E-state index in [1.165, 1.54) is 0 Å². The van der Waals surface area contributed by atoms with Gasteiger partial charge >= 0.3 is 0 Å². The van der Waals surface area contributed by atoms with E-state index in [2.05, 4.69) is 25.7 Å². The van der Waals surface area contributed by atoms with Crippen molar-refractivity contribution in [2.45, 2.75) is 52.2 Å². The van der Waals surface area contributed by atoms with Crippen molar-refractivity contribution in [2.24, 2.45) is 0 Å². The standard InChI is InChI=1S/C9H17NO/c1-5-8-9(11)7(4)10(8)6(2)3/h6-8H,5H2,1-4H3/t7-,8+/m1/s1. The second-order valence-corrected chi connectivity index (χ2v) is 3.54. The third-order valence-corrected chi connectivity index (χ3v) is 2.53. The molecule has 0 aromatic rings. The minimum Gasteiger partial charge on any atom is -0.296 e. The maximum Gasteiger partial charge on any atom is 0.166 e. The molecule has 1 aliphatic heterocycles. The van der Waals surface area contributed by atoms with Crippen molar-refractivity contribution in [3.05, 3.63) is 0 Å². The number of likely N-dealkylation sites (tertiary alicyclic amines) is 1. The van der Waals surface area contributed by atoms with Gasteiger partial charge in [-0.3, -0.25) is 9.69 Å². The number of hydrogen-bond donors (Lipinski definition) is 0. The maximum absolute atomic E-state index is 11.3. The second kappa shape index (κ2) is 2.94. The summed E-state index contributed by atoms with van der Waals surface area (Å²) in [5, 5.41) is 0. The highest BCUT2D eigenvalue weighted by Gasteiger charge is 2.44. The largest absolute Gasteiger partial charge is 0.296 e. The van der Waals surface area contributed by atoms with Crippen LogP contribution in [-0.4, -0.2) is 28.8 Å². The molecule has 1 rings (SSSR count). The molecule has 2 nitrogen and oxygen atoms in total. The SMILES string of the molecule is CC[C@H]1C(=O)[C@@H](C)N1C(C)C. The normalized spacial score (nSPS) is 32.6. The molecule has 1 aliphatic rings. The van der Waals surface area contributed by atoms with Gasteiger partial charge in [0.25, 0.3) is 0 Å². The number of hydrogen-bond acceptors (Lipinski definition) is 2. The van der Waals surface area contributed by atoms with Gasteiger partial charge in [-0.1, -0.05) is 6.92 Å². The van der Waals surface area contributed by atoms with Gasteiger partial charge in [-0.15, -0.1) is 0 Å². The van der Waals surface area contributed by atoms with Crippen molar-refractivity contribution in [3.63, 3.8) is 0 Å². The lowest BCUT2D eigenvalue weighted by molar-refractivity contribution is -0.146. The molecule has 2 heteroatoms. The number of carbonyl (C=O) groups is 1. The van der Waals surface area contributed by atoms with Crippen LogP contribution in [0.15, 0.2) is 0 Å². The molecule has 0 radical (unpaired) electrons. The molecule has 0 bridgehead atoms. The minimum atomic E-state index is 0.167. The van der Waals surface area contributed by atoms with Gasteiger partial charge in [0.1, 0.15) is 0 Å². The first-order valence-electron chi connectivity index (χ1n) is 4.40. The molecule has 0 saturated carbocycles. The smallest absolute Gasteiger partial charge is 0.166 e. The monoisotopic (exact) mass is 155 g/mol. The van der Waals surface area contributed by atoms with Crippen LogP contribution in [0.3, 0.4) is 0 Å². The molecule has 11 heavy (non-hydrogen) atoms. The molecule has 1 heterocycles. The van der Waals surface area contributed by atoms with E-state index < -0.39 is 0 Å².